The fourth-order valence-electron chi connectivity index (χ4n) is 0.894. The van der Waals surface area contributed by atoms with Gasteiger partial charge < -0.3 is 4.90 Å². The second-order valence-corrected chi connectivity index (χ2v) is 1.97. The first kappa shape index (κ1) is 4.59. The monoisotopic (exact) mass is 118 g/mol. The molecule has 2 heterocycles. The molecule has 0 N–H and O–H groups in total. The Balaban J connectivity index is 2.41. The third kappa shape index (κ3) is 0.609. The van der Waals surface area contributed by atoms with Gasteiger partial charge in [0.25, 0.3) is 0 Å². The van der Waals surface area contributed by atoms with Crippen LogP contribution >= 0.6 is 0 Å². The van der Waals surface area contributed by atoms with Crippen LogP contribution in [0.2, 0.25) is 0 Å². The Morgan fingerprint density at radius 1 is 1.56 bits per heavy atom. The number of allylic oxidation sites excluding steroid dienone is 3. The highest BCUT2D eigenvalue weighted by molar-refractivity contribution is 5.64. The summed E-state index contributed by atoms with van der Waals surface area (Å²) < 4.78 is 0. The van der Waals surface area contributed by atoms with E-state index in [9.17, 15) is 0 Å². The molecule has 0 bridgehead atoms. The van der Waals surface area contributed by atoms with Gasteiger partial charge in [0.15, 0.2) is 0 Å². The molecule has 44 valence electrons. The van der Waals surface area contributed by atoms with Crippen LogP contribution in [-0.4, -0.2) is 17.4 Å². The van der Waals surface area contributed by atoms with Crippen LogP contribution in [0.15, 0.2) is 35.1 Å². The highest BCUT2D eigenvalue weighted by Crippen LogP contribution is 2.11. The Bertz CT molecular complexity index is 242. The van der Waals surface area contributed by atoms with Gasteiger partial charge >= 0.3 is 0 Å². The number of rotatable bonds is 0. The van der Waals surface area contributed by atoms with E-state index in [1.54, 1.807) is 0 Å². The third-order valence-corrected chi connectivity index (χ3v) is 1.36. The largest absolute Gasteiger partial charge is 0.320 e. The van der Waals surface area contributed by atoms with Crippen LogP contribution in [0.1, 0.15) is 0 Å². The zero-order chi connectivity index (χ0) is 6.10. The molecule has 0 aliphatic carbocycles. The van der Waals surface area contributed by atoms with Gasteiger partial charge in [-0.3, -0.25) is 0 Å². The number of nitrogens with zero attached hydrogens (tertiary/aromatic N) is 2. The summed E-state index contributed by atoms with van der Waals surface area (Å²) >= 11 is 0. The number of fused-ring (bicyclic) bond motifs is 1. The molecule has 2 nitrogen and oxygen atoms in total. The Hall–Kier alpha value is -1.27. The van der Waals surface area contributed by atoms with Gasteiger partial charge in [-0.15, -0.1) is 0 Å². The molecule has 0 saturated heterocycles. The lowest BCUT2D eigenvalue weighted by Gasteiger charge is -2.13. The third-order valence-electron chi connectivity index (χ3n) is 1.36. The van der Waals surface area contributed by atoms with Gasteiger partial charge in [0, 0.05) is 12.1 Å². The van der Waals surface area contributed by atoms with Crippen molar-refractivity contribution in [1.82, 2.24) is 4.90 Å². The van der Waals surface area contributed by atoms with Crippen molar-refractivity contribution < 1.29 is 0 Å². The van der Waals surface area contributed by atoms with E-state index in [0.29, 0.717) is 0 Å². The summed E-state index contributed by atoms with van der Waals surface area (Å²) in [6.07, 6.45) is 7.97. The minimum absolute atomic E-state index is 0.732. The van der Waals surface area contributed by atoms with E-state index in [1.807, 2.05) is 29.3 Å². The summed E-state index contributed by atoms with van der Waals surface area (Å²) in [5, 5.41) is 0. The lowest BCUT2D eigenvalue weighted by molar-refractivity contribution is 0.516. The van der Waals surface area contributed by atoms with E-state index >= 15 is 0 Å². The van der Waals surface area contributed by atoms with Crippen LogP contribution in [-0.2, 0) is 0 Å². The molecule has 2 rings (SSSR count). The zero-order valence-corrected chi connectivity index (χ0v) is 4.91. The number of hydrogen-bond acceptors (Lipinski definition) is 2. The average molecular weight is 118 g/mol. The Labute approximate surface area is 53.5 Å². The van der Waals surface area contributed by atoms with Gasteiger partial charge in [-0.25, -0.2) is 4.99 Å². The molecule has 0 spiro atoms. The maximum atomic E-state index is 3.96. The van der Waals surface area contributed by atoms with Gasteiger partial charge in [-0.05, 0) is 12.2 Å². The fraction of sp³-hybridized carbons (Fsp3) is 0.143. The lowest BCUT2D eigenvalue weighted by atomic mass is 10.3. The van der Waals surface area contributed by atoms with Gasteiger partial charge in [-0.2, -0.15) is 0 Å². The first-order valence-electron chi connectivity index (χ1n) is 2.88. The van der Waals surface area contributed by atoms with Crippen molar-refractivity contribution >= 4 is 5.87 Å². The van der Waals surface area contributed by atoms with E-state index < -0.39 is 0 Å². The predicted molar refractivity (Wildman–Crippen MR) is 35.9 cm³/mol. The molecule has 0 aromatic heterocycles. The minimum atomic E-state index is 0.732. The van der Waals surface area contributed by atoms with E-state index in [-0.39, 0.29) is 0 Å². The van der Waals surface area contributed by atoms with Crippen LogP contribution in [0.4, 0.5) is 0 Å². The molecule has 0 amide bonds. The first-order valence-corrected chi connectivity index (χ1v) is 2.88. The fourth-order valence-corrected chi connectivity index (χ4v) is 0.894. The molecule has 0 saturated carbocycles. The Morgan fingerprint density at radius 2 is 2.56 bits per heavy atom. The summed E-state index contributed by atoms with van der Waals surface area (Å²) in [5.41, 5.74) is 1.07. The number of hydrogen-bond donors (Lipinski definition) is 0. The molecular formula is C7H6N2. The molecule has 0 radical (unpaired) electrons. The van der Waals surface area contributed by atoms with Crippen LogP contribution in [0.3, 0.4) is 0 Å². The van der Waals surface area contributed by atoms with Crippen molar-refractivity contribution in [3.05, 3.63) is 30.1 Å². The molecule has 0 aromatic rings. The number of aliphatic imine (C=N–C) groups is 1. The second kappa shape index (κ2) is 1.61. The molecule has 0 aromatic carbocycles. The smallest absolute Gasteiger partial charge is 0.124 e. The molecule has 0 unspecified atom stereocenters. The van der Waals surface area contributed by atoms with E-state index in [1.165, 1.54) is 0 Å². The quantitative estimate of drug-likeness (QED) is 0.461. The SMILES string of the molecule is C1=NCN2C=CC=CC=12. The van der Waals surface area contributed by atoms with Gasteiger partial charge in [0.05, 0.1) is 0 Å². The van der Waals surface area contributed by atoms with Crippen molar-refractivity contribution in [3.63, 3.8) is 0 Å². The second-order valence-electron chi connectivity index (χ2n) is 1.97. The first-order chi connectivity index (χ1) is 4.47. The summed E-state index contributed by atoms with van der Waals surface area (Å²) in [4.78, 5) is 6.01. The normalized spacial score (nSPS) is 20.4. The Morgan fingerprint density at radius 3 is 3.44 bits per heavy atom. The minimum Gasteiger partial charge on any atom is -0.320 e. The van der Waals surface area contributed by atoms with Crippen molar-refractivity contribution in [2.75, 3.05) is 6.67 Å². The van der Waals surface area contributed by atoms with Gasteiger partial charge in [0.1, 0.15) is 12.4 Å². The molecule has 2 aliphatic rings. The molecule has 2 aliphatic heterocycles. The highest BCUT2D eigenvalue weighted by atomic mass is 15.2. The molecule has 0 fully saturated rings. The van der Waals surface area contributed by atoms with Crippen molar-refractivity contribution in [3.8, 4) is 0 Å². The lowest BCUT2D eigenvalue weighted by Crippen LogP contribution is -2.12. The van der Waals surface area contributed by atoms with Crippen molar-refractivity contribution in [1.29, 1.82) is 0 Å². The maximum absolute atomic E-state index is 3.96. The molecule has 2 heteroatoms. The molecule has 0 atom stereocenters. The summed E-state index contributed by atoms with van der Waals surface area (Å²) in [5.74, 6) is 2.89. The molecular weight excluding hydrogens is 112 g/mol. The van der Waals surface area contributed by atoms with Crippen molar-refractivity contribution in [2.24, 2.45) is 4.99 Å². The topological polar surface area (TPSA) is 15.6 Å². The summed E-state index contributed by atoms with van der Waals surface area (Å²) in [7, 11) is 0. The average Bonchev–Trinajstić information content (AvgIpc) is 2.33. The van der Waals surface area contributed by atoms with Crippen LogP contribution in [0.25, 0.3) is 0 Å². The Kier molecular flexibility index (Phi) is 0.820. The van der Waals surface area contributed by atoms with E-state index in [2.05, 4.69) is 10.9 Å². The van der Waals surface area contributed by atoms with Crippen LogP contribution < -0.4 is 0 Å². The van der Waals surface area contributed by atoms with E-state index in [4.69, 9.17) is 0 Å². The van der Waals surface area contributed by atoms with Gasteiger partial charge in [-0.1, -0.05) is 6.08 Å². The summed E-state index contributed by atoms with van der Waals surface area (Å²) in [6, 6.07) is 0. The van der Waals surface area contributed by atoms with Crippen LogP contribution in [0, 0.1) is 0 Å². The maximum Gasteiger partial charge on any atom is 0.124 e. The highest BCUT2D eigenvalue weighted by Gasteiger charge is 2.07. The van der Waals surface area contributed by atoms with Gasteiger partial charge in [0.2, 0.25) is 0 Å². The zero-order valence-electron chi connectivity index (χ0n) is 4.91. The standard InChI is InChI=1S/C7H6N2/c1-2-4-9-6-8-5-7(9)3-1/h1-4H,6H2. The summed E-state index contributed by atoms with van der Waals surface area (Å²) in [6.45, 7) is 0.732. The molecule has 9 heavy (non-hydrogen) atoms. The van der Waals surface area contributed by atoms with E-state index in [0.717, 1.165) is 12.4 Å². The predicted octanol–water partition coefficient (Wildman–Crippen LogP) is 0.897. The van der Waals surface area contributed by atoms with Crippen LogP contribution in [0.5, 0.6) is 0 Å². The van der Waals surface area contributed by atoms with Crippen molar-refractivity contribution in [2.45, 2.75) is 0 Å².